The molecule has 1 rings (SSSR count). The number of carbonyl (C=O) groups is 2. The van der Waals surface area contributed by atoms with E-state index in [9.17, 15) is 9.59 Å². The molecule has 0 fully saturated rings. The van der Waals surface area contributed by atoms with Gasteiger partial charge in [-0.2, -0.15) is 0 Å². The smallest absolute Gasteiger partial charge is 0.374 e. The van der Waals surface area contributed by atoms with Gasteiger partial charge in [-0.25, -0.2) is 4.79 Å². The maximum absolute atomic E-state index is 11.3. The van der Waals surface area contributed by atoms with Gasteiger partial charge in [0.25, 0.3) is 0 Å². The molecule has 0 aliphatic heterocycles. The number of benzene rings is 1. The molecular weight excluding hydrogens is 252 g/mol. The minimum atomic E-state index is -0.740. The lowest BCUT2D eigenvalue weighted by Crippen LogP contribution is -2.14. The number of aryl methyl sites for hydroxylation is 1. The summed E-state index contributed by atoms with van der Waals surface area (Å²) in [5.41, 5.74) is 2.59. The highest BCUT2D eigenvalue weighted by Crippen LogP contribution is 2.10. The fraction of sp³-hybridized carbons (Fsp3) is 0.412. The summed E-state index contributed by atoms with van der Waals surface area (Å²) in [6.45, 7) is 2.06. The monoisotopic (exact) mass is 274 g/mol. The molecule has 0 heterocycles. The van der Waals surface area contributed by atoms with Gasteiger partial charge in [0.05, 0.1) is 7.11 Å². The standard InChI is InChI=1S/C17H22O3/c1-14(9-7-13-16(18)17(19)20-2)8-6-12-15-10-4-3-5-11-15/h3-5,8,10-11H,6-7,9,12-13H2,1-2H3/b14-8+. The number of carbonyl (C=O) groups excluding carboxylic acids is 2. The third kappa shape index (κ3) is 6.32. The van der Waals surface area contributed by atoms with Crippen molar-refractivity contribution in [3.05, 3.63) is 47.5 Å². The summed E-state index contributed by atoms with van der Waals surface area (Å²) in [4.78, 5) is 22.2. The van der Waals surface area contributed by atoms with Crippen molar-refractivity contribution in [1.82, 2.24) is 0 Å². The molecule has 1 aromatic carbocycles. The summed E-state index contributed by atoms with van der Waals surface area (Å²) in [5.74, 6) is -1.18. The maximum atomic E-state index is 11.3. The second-order valence-corrected chi connectivity index (χ2v) is 4.84. The zero-order valence-corrected chi connectivity index (χ0v) is 12.2. The fourth-order valence-corrected chi connectivity index (χ4v) is 1.98. The minimum absolute atomic E-state index is 0.260. The van der Waals surface area contributed by atoms with Crippen molar-refractivity contribution in [2.24, 2.45) is 0 Å². The second-order valence-electron chi connectivity index (χ2n) is 4.84. The Labute approximate surface area is 120 Å². The minimum Gasteiger partial charge on any atom is -0.463 e. The van der Waals surface area contributed by atoms with Crippen LogP contribution in [0.1, 0.15) is 38.2 Å². The molecule has 0 saturated heterocycles. The van der Waals surface area contributed by atoms with Crippen molar-refractivity contribution in [2.75, 3.05) is 7.11 Å². The van der Waals surface area contributed by atoms with Crippen LogP contribution >= 0.6 is 0 Å². The van der Waals surface area contributed by atoms with E-state index in [2.05, 4.69) is 29.9 Å². The molecule has 0 spiro atoms. The van der Waals surface area contributed by atoms with Gasteiger partial charge in [-0.05, 0) is 38.2 Å². The Balaban J connectivity index is 2.22. The molecule has 0 atom stereocenters. The van der Waals surface area contributed by atoms with E-state index in [0.29, 0.717) is 6.42 Å². The lowest BCUT2D eigenvalue weighted by Gasteiger charge is -2.02. The Hall–Kier alpha value is -1.90. The highest BCUT2D eigenvalue weighted by molar-refractivity contribution is 6.33. The van der Waals surface area contributed by atoms with Crippen molar-refractivity contribution in [1.29, 1.82) is 0 Å². The highest BCUT2D eigenvalue weighted by atomic mass is 16.5. The molecule has 0 unspecified atom stereocenters. The van der Waals surface area contributed by atoms with E-state index in [1.807, 2.05) is 18.2 Å². The molecule has 0 amide bonds. The zero-order valence-electron chi connectivity index (χ0n) is 12.2. The molecule has 3 heteroatoms. The van der Waals surface area contributed by atoms with E-state index in [-0.39, 0.29) is 6.42 Å². The Morgan fingerprint density at radius 3 is 2.50 bits per heavy atom. The number of hydrogen-bond donors (Lipinski definition) is 0. The van der Waals surface area contributed by atoms with Crippen molar-refractivity contribution >= 4 is 11.8 Å². The summed E-state index contributed by atoms with van der Waals surface area (Å²) in [6, 6.07) is 10.4. The third-order valence-corrected chi connectivity index (χ3v) is 3.16. The van der Waals surface area contributed by atoms with Crippen LogP contribution in [0.15, 0.2) is 42.0 Å². The predicted molar refractivity (Wildman–Crippen MR) is 79.4 cm³/mol. The summed E-state index contributed by atoms with van der Waals surface area (Å²) >= 11 is 0. The average Bonchev–Trinajstić information content (AvgIpc) is 2.47. The van der Waals surface area contributed by atoms with Crippen LogP contribution in [0, 0.1) is 0 Å². The van der Waals surface area contributed by atoms with Gasteiger partial charge >= 0.3 is 5.97 Å². The van der Waals surface area contributed by atoms with Crippen LogP contribution in [0.2, 0.25) is 0 Å². The number of rotatable bonds is 8. The Bertz CT molecular complexity index is 460. The van der Waals surface area contributed by atoms with Gasteiger partial charge in [0, 0.05) is 6.42 Å². The number of ether oxygens (including phenoxy) is 1. The fourth-order valence-electron chi connectivity index (χ4n) is 1.98. The molecule has 0 aliphatic rings. The van der Waals surface area contributed by atoms with Crippen molar-refractivity contribution < 1.29 is 14.3 Å². The van der Waals surface area contributed by atoms with Crippen molar-refractivity contribution in [3.8, 4) is 0 Å². The SMILES string of the molecule is COC(=O)C(=O)CCC/C(C)=C/CCc1ccccc1. The lowest BCUT2D eigenvalue weighted by molar-refractivity contribution is -0.151. The van der Waals surface area contributed by atoms with E-state index in [0.717, 1.165) is 19.3 Å². The molecule has 0 radical (unpaired) electrons. The molecule has 0 saturated carbocycles. The number of methoxy groups -OCH3 is 1. The van der Waals surface area contributed by atoms with E-state index in [1.54, 1.807) is 0 Å². The van der Waals surface area contributed by atoms with Crippen LogP contribution in [-0.4, -0.2) is 18.9 Å². The molecule has 1 aromatic rings. The number of esters is 1. The summed E-state index contributed by atoms with van der Waals surface area (Å²) in [5, 5.41) is 0. The van der Waals surface area contributed by atoms with Crippen LogP contribution < -0.4 is 0 Å². The largest absolute Gasteiger partial charge is 0.463 e. The zero-order chi connectivity index (χ0) is 14.8. The first-order chi connectivity index (χ1) is 9.63. The first kappa shape index (κ1) is 16.2. The van der Waals surface area contributed by atoms with E-state index >= 15 is 0 Å². The number of ketones is 1. The predicted octanol–water partition coefficient (Wildman–Crippen LogP) is 3.48. The number of allylic oxidation sites excluding steroid dienone is 2. The third-order valence-electron chi connectivity index (χ3n) is 3.16. The Kier molecular flexibility index (Phi) is 7.33. The Morgan fingerprint density at radius 2 is 1.85 bits per heavy atom. The lowest BCUT2D eigenvalue weighted by atomic mass is 10.0. The van der Waals surface area contributed by atoms with E-state index < -0.39 is 11.8 Å². The molecular formula is C17H22O3. The van der Waals surface area contributed by atoms with Crippen molar-refractivity contribution in [2.45, 2.75) is 39.0 Å². The average molecular weight is 274 g/mol. The first-order valence-corrected chi connectivity index (χ1v) is 6.94. The van der Waals surface area contributed by atoms with Gasteiger partial charge in [-0.1, -0.05) is 42.0 Å². The molecule has 0 aliphatic carbocycles. The van der Waals surface area contributed by atoms with Crippen LogP contribution in [0.4, 0.5) is 0 Å². The Morgan fingerprint density at radius 1 is 1.15 bits per heavy atom. The highest BCUT2D eigenvalue weighted by Gasteiger charge is 2.12. The summed E-state index contributed by atoms with van der Waals surface area (Å²) in [7, 11) is 1.23. The van der Waals surface area contributed by atoms with Crippen LogP contribution in [0.25, 0.3) is 0 Å². The van der Waals surface area contributed by atoms with Gasteiger partial charge in [0.1, 0.15) is 0 Å². The van der Waals surface area contributed by atoms with Gasteiger partial charge in [0.15, 0.2) is 0 Å². The van der Waals surface area contributed by atoms with Crippen LogP contribution in [0.3, 0.4) is 0 Å². The van der Waals surface area contributed by atoms with E-state index in [1.165, 1.54) is 18.2 Å². The summed E-state index contributed by atoms with van der Waals surface area (Å²) in [6.07, 6.45) is 6.03. The van der Waals surface area contributed by atoms with Crippen LogP contribution in [-0.2, 0) is 20.7 Å². The molecule has 0 aromatic heterocycles. The van der Waals surface area contributed by atoms with Crippen LogP contribution in [0.5, 0.6) is 0 Å². The van der Waals surface area contributed by atoms with Crippen molar-refractivity contribution in [3.63, 3.8) is 0 Å². The van der Waals surface area contributed by atoms with Gasteiger partial charge < -0.3 is 4.74 Å². The molecule has 20 heavy (non-hydrogen) atoms. The van der Waals surface area contributed by atoms with Gasteiger partial charge in [-0.15, -0.1) is 0 Å². The molecule has 0 N–H and O–H groups in total. The summed E-state index contributed by atoms with van der Waals surface area (Å²) < 4.78 is 4.38. The maximum Gasteiger partial charge on any atom is 0.374 e. The topological polar surface area (TPSA) is 43.4 Å². The normalized spacial score (nSPS) is 11.2. The second kappa shape index (κ2) is 9.08. The molecule has 0 bridgehead atoms. The van der Waals surface area contributed by atoms with Gasteiger partial charge in [0.2, 0.25) is 5.78 Å². The number of Topliss-reactive ketones (excluding diaryl/α,β-unsaturated/α-hetero) is 1. The first-order valence-electron chi connectivity index (χ1n) is 6.94. The van der Waals surface area contributed by atoms with Gasteiger partial charge in [-0.3, -0.25) is 4.79 Å². The van der Waals surface area contributed by atoms with E-state index in [4.69, 9.17) is 0 Å². The quantitative estimate of drug-likeness (QED) is 0.414. The number of hydrogen-bond acceptors (Lipinski definition) is 3. The molecule has 3 nitrogen and oxygen atoms in total. The molecule has 108 valence electrons.